The number of benzene rings is 3. The Hall–Kier alpha value is -3.86. The second kappa shape index (κ2) is 9.79. The highest BCUT2D eigenvalue weighted by molar-refractivity contribution is 5.99. The molecular weight excluding hydrogens is 472 g/mol. The number of carboxylic acids is 1. The van der Waals surface area contributed by atoms with Gasteiger partial charge in [0.25, 0.3) is 5.91 Å². The maximum atomic E-state index is 13.2. The average molecular weight is 509 g/mol. The minimum atomic E-state index is -0.931. The molecule has 3 aromatic carbocycles. The number of carboxylic acid groups (broad SMARTS) is 1. The zero-order chi connectivity index (χ0) is 27.2. The van der Waals surface area contributed by atoms with Gasteiger partial charge in [0, 0.05) is 28.7 Å². The van der Waals surface area contributed by atoms with E-state index < -0.39 is 11.4 Å². The van der Waals surface area contributed by atoms with Crippen molar-refractivity contribution in [3.05, 3.63) is 106 Å². The van der Waals surface area contributed by atoms with Gasteiger partial charge in [0.1, 0.15) is 0 Å². The summed E-state index contributed by atoms with van der Waals surface area (Å²) >= 11 is 0. The van der Waals surface area contributed by atoms with Crippen molar-refractivity contribution in [2.24, 2.45) is 0 Å². The van der Waals surface area contributed by atoms with Gasteiger partial charge in [-0.15, -0.1) is 0 Å². The molecule has 0 saturated heterocycles. The lowest BCUT2D eigenvalue weighted by Crippen LogP contribution is -2.28. The van der Waals surface area contributed by atoms with Gasteiger partial charge in [0.15, 0.2) is 0 Å². The Morgan fingerprint density at radius 1 is 1.03 bits per heavy atom. The highest BCUT2D eigenvalue weighted by atomic mass is 16.4. The van der Waals surface area contributed by atoms with Gasteiger partial charge < -0.3 is 15.0 Å². The number of nitrogens with one attached hydrogen (secondary N) is 1. The number of fused-ring (bicyclic) bond motifs is 1. The molecule has 38 heavy (non-hydrogen) atoms. The molecule has 2 N–H and O–H groups in total. The zero-order valence-corrected chi connectivity index (χ0v) is 22.8. The first kappa shape index (κ1) is 25.8. The third-order valence-corrected chi connectivity index (χ3v) is 8.26. The van der Waals surface area contributed by atoms with E-state index in [2.05, 4.69) is 48.0 Å². The van der Waals surface area contributed by atoms with Gasteiger partial charge in [-0.3, -0.25) is 9.59 Å². The first-order chi connectivity index (χ1) is 18.1. The van der Waals surface area contributed by atoms with Gasteiger partial charge in [0.05, 0.1) is 11.5 Å². The monoisotopic (exact) mass is 508 g/mol. The largest absolute Gasteiger partial charge is 0.481 e. The van der Waals surface area contributed by atoms with Crippen molar-refractivity contribution in [1.82, 2.24) is 9.88 Å². The number of hydrogen-bond donors (Lipinski definition) is 2. The van der Waals surface area contributed by atoms with Crippen molar-refractivity contribution in [3.8, 4) is 0 Å². The van der Waals surface area contributed by atoms with E-state index in [1.807, 2.05) is 49.4 Å². The maximum absolute atomic E-state index is 13.2. The molecule has 0 radical (unpaired) electrons. The van der Waals surface area contributed by atoms with Crippen LogP contribution in [0.25, 0.3) is 10.9 Å². The molecule has 5 rings (SSSR count). The first-order valence-electron chi connectivity index (χ1n) is 13.4. The number of aryl methyl sites for hydroxylation is 1. The van der Waals surface area contributed by atoms with Crippen molar-refractivity contribution in [2.75, 3.05) is 0 Å². The van der Waals surface area contributed by atoms with Crippen molar-refractivity contribution in [1.29, 1.82) is 0 Å². The summed E-state index contributed by atoms with van der Waals surface area (Å²) in [6.45, 7) is 10.3. The summed E-state index contributed by atoms with van der Waals surface area (Å²) in [7, 11) is 0. The van der Waals surface area contributed by atoms with Crippen molar-refractivity contribution in [2.45, 2.75) is 71.4 Å². The Labute approximate surface area is 224 Å². The highest BCUT2D eigenvalue weighted by Crippen LogP contribution is 2.40. The van der Waals surface area contributed by atoms with Crippen LogP contribution in [0.4, 0.5) is 0 Å². The average Bonchev–Trinajstić information content (AvgIpc) is 3.73. The molecule has 1 saturated carbocycles. The fraction of sp³-hybridized carbons (Fsp3) is 0.333. The number of carbonyl (C=O) groups excluding carboxylic acids is 1. The molecular formula is C33H36N2O3. The molecule has 5 heteroatoms. The van der Waals surface area contributed by atoms with E-state index >= 15 is 0 Å². The lowest BCUT2D eigenvalue weighted by molar-refractivity contribution is -0.142. The van der Waals surface area contributed by atoms with Crippen LogP contribution in [0.15, 0.2) is 66.7 Å². The number of hydrogen-bond acceptors (Lipinski definition) is 2. The molecule has 1 aromatic heterocycles. The summed E-state index contributed by atoms with van der Waals surface area (Å²) < 4.78 is 2.26. The van der Waals surface area contributed by atoms with Gasteiger partial charge in [-0.05, 0) is 99.4 Å². The van der Waals surface area contributed by atoms with Gasteiger partial charge in [-0.2, -0.15) is 0 Å². The van der Waals surface area contributed by atoms with Crippen LogP contribution in [-0.4, -0.2) is 21.6 Å². The van der Waals surface area contributed by atoms with Crippen LogP contribution in [0.5, 0.6) is 0 Å². The molecule has 4 aromatic rings. The Balaban J connectivity index is 1.36. The van der Waals surface area contributed by atoms with E-state index in [4.69, 9.17) is 0 Å². The summed E-state index contributed by atoms with van der Waals surface area (Å²) in [6, 6.07) is 22.3. The second-order valence-electron chi connectivity index (χ2n) is 11.3. The SMILES string of the molecule is Cc1c(C)n(Cc2ccc(C(C)(C)C(=O)O)cc2)c2ccc(C(=O)N[C@H](C)c3cccc(C4CC4)c3)cc12. The zero-order valence-electron chi connectivity index (χ0n) is 22.8. The highest BCUT2D eigenvalue weighted by Gasteiger charge is 2.29. The second-order valence-corrected chi connectivity index (χ2v) is 11.3. The Morgan fingerprint density at radius 3 is 2.39 bits per heavy atom. The lowest BCUT2D eigenvalue weighted by atomic mass is 9.84. The number of amides is 1. The molecule has 1 aliphatic carbocycles. The quantitative estimate of drug-likeness (QED) is 0.268. The third kappa shape index (κ3) is 4.85. The molecule has 1 amide bonds. The van der Waals surface area contributed by atoms with Crippen LogP contribution in [0.2, 0.25) is 0 Å². The lowest BCUT2D eigenvalue weighted by Gasteiger charge is -2.20. The summed E-state index contributed by atoms with van der Waals surface area (Å²) in [5.41, 5.74) is 7.50. The normalized spacial score (nSPS) is 14.4. The molecule has 0 spiro atoms. The predicted octanol–water partition coefficient (Wildman–Crippen LogP) is 7.04. The number of carbonyl (C=O) groups is 2. The van der Waals surface area contributed by atoms with Crippen molar-refractivity contribution < 1.29 is 14.7 Å². The van der Waals surface area contributed by atoms with Crippen LogP contribution < -0.4 is 5.32 Å². The summed E-state index contributed by atoms with van der Waals surface area (Å²) in [5.74, 6) is -0.225. The van der Waals surface area contributed by atoms with Crippen LogP contribution >= 0.6 is 0 Å². The van der Waals surface area contributed by atoms with Crippen molar-refractivity contribution >= 4 is 22.8 Å². The van der Waals surface area contributed by atoms with Crippen molar-refractivity contribution in [3.63, 3.8) is 0 Å². The number of aromatic nitrogens is 1. The fourth-order valence-electron chi connectivity index (χ4n) is 5.19. The molecule has 196 valence electrons. The maximum Gasteiger partial charge on any atom is 0.313 e. The Bertz CT molecular complexity index is 1520. The minimum absolute atomic E-state index is 0.0709. The Morgan fingerprint density at radius 2 is 1.74 bits per heavy atom. The standard InChI is InChI=1S/C33H36N2O3/c1-20-22(3)35(19-23-9-14-28(15-10-23)33(4,5)32(37)38)30-16-13-27(18-29(20)30)31(36)34-21(2)25-7-6-8-26(17-25)24-11-12-24/h6-10,13-18,21,24H,11-12,19H2,1-5H3,(H,34,36)(H,37,38)/t21-/m1/s1. The topological polar surface area (TPSA) is 71.3 Å². The predicted molar refractivity (Wildman–Crippen MR) is 152 cm³/mol. The van der Waals surface area contributed by atoms with E-state index in [1.165, 1.54) is 18.4 Å². The van der Waals surface area contributed by atoms with Gasteiger partial charge in [-0.1, -0.05) is 48.5 Å². The van der Waals surface area contributed by atoms with Crippen LogP contribution in [0.1, 0.15) is 89.4 Å². The first-order valence-corrected chi connectivity index (χ1v) is 13.4. The van der Waals surface area contributed by atoms with E-state index in [-0.39, 0.29) is 11.9 Å². The Kier molecular flexibility index (Phi) is 6.64. The molecule has 1 fully saturated rings. The van der Waals surface area contributed by atoms with E-state index in [1.54, 1.807) is 13.8 Å². The molecule has 5 nitrogen and oxygen atoms in total. The van der Waals surface area contributed by atoms with Gasteiger partial charge >= 0.3 is 5.97 Å². The number of aliphatic carboxylic acids is 1. The van der Waals surface area contributed by atoms with E-state index in [9.17, 15) is 14.7 Å². The van der Waals surface area contributed by atoms with E-state index in [0.717, 1.165) is 38.9 Å². The number of rotatable bonds is 8. The van der Waals surface area contributed by atoms with Crippen LogP contribution in [0.3, 0.4) is 0 Å². The summed E-state index contributed by atoms with van der Waals surface area (Å²) in [4.78, 5) is 24.8. The molecule has 1 atom stereocenters. The van der Waals surface area contributed by atoms with Crippen LogP contribution in [-0.2, 0) is 16.8 Å². The molecule has 0 unspecified atom stereocenters. The fourth-order valence-corrected chi connectivity index (χ4v) is 5.19. The molecule has 1 aliphatic rings. The smallest absolute Gasteiger partial charge is 0.313 e. The van der Waals surface area contributed by atoms with Crippen LogP contribution in [0, 0.1) is 13.8 Å². The van der Waals surface area contributed by atoms with Gasteiger partial charge in [-0.25, -0.2) is 0 Å². The van der Waals surface area contributed by atoms with E-state index in [0.29, 0.717) is 18.0 Å². The molecule has 1 heterocycles. The third-order valence-electron chi connectivity index (χ3n) is 8.26. The molecule has 0 bridgehead atoms. The minimum Gasteiger partial charge on any atom is -0.481 e. The summed E-state index contributed by atoms with van der Waals surface area (Å²) in [6.07, 6.45) is 2.52. The molecule has 0 aliphatic heterocycles. The summed E-state index contributed by atoms with van der Waals surface area (Å²) in [5, 5.41) is 13.8. The number of nitrogens with zero attached hydrogens (tertiary/aromatic N) is 1. The van der Waals surface area contributed by atoms with Gasteiger partial charge in [0.2, 0.25) is 0 Å².